The number of carbonyl (C=O) groups excluding carboxylic acids is 1. The quantitative estimate of drug-likeness (QED) is 0.734. The van der Waals surface area contributed by atoms with E-state index in [0.717, 1.165) is 25.7 Å². The van der Waals surface area contributed by atoms with Crippen LogP contribution in [-0.2, 0) is 14.3 Å². The maximum absolute atomic E-state index is 11.5. The minimum atomic E-state index is -1.01. The Bertz CT molecular complexity index is 272. The van der Waals surface area contributed by atoms with Gasteiger partial charge in [-0.25, -0.2) is 4.79 Å². The number of carboxylic acid groups (broad SMARTS) is 1. The molecular formula is C12H21NO4. The second-order valence-electron chi connectivity index (χ2n) is 4.84. The Morgan fingerprint density at radius 1 is 1.35 bits per heavy atom. The zero-order valence-electron chi connectivity index (χ0n) is 10.4. The monoisotopic (exact) mass is 243 g/mol. The first-order chi connectivity index (χ1) is 8.00. The van der Waals surface area contributed by atoms with Crippen molar-refractivity contribution >= 4 is 11.9 Å². The van der Waals surface area contributed by atoms with Crippen molar-refractivity contribution in [3.8, 4) is 0 Å². The molecule has 1 atom stereocenters. The van der Waals surface area contributed by atoms with Crippen LogP contribution in [0.25, 0.3) is 0 Å². The molecule has 1 aliphatic carbocycles. The van der Waals surface area contributed by atoms with Gasteiger partial charge in [0.2, 0.25) is 5.91 Å². The lowest BCUT2D eigenvalue weighted by Crippen LogP contribution is -2.45. The molecule has 2 N–H and O–H groups in total. The van der Waals surface area contributed by atoms with Crippen molar-refractivity contribution in [2.75, 3.05) is 6.61 Å². The number of hydrogen-bond acceptors (Lipinski definition) is 3. The highest BCUT2D eigenvalue weighted by atomic mass is 16.5. The zero-order chi connectivity index (χ0) is 12.8. The average molecular weight is 243 g/mol. The van der Waals surface area contributed by atoms with Gasteiger partial charge in [-0.2, -0.15) is 0 Å². The Kier molecular flexibility index (Phi) is 5.41. The molecule has 0 bridgehead atoms. The zero-order valence-corrected chi connectivity index (χ0v) is 10.4. The third-order valence-corrected chi connectivity index (χ3v) is 3.00. The van der Waals surface area contributed by atoms with Crippen LogP contribution in [0.3, 0.4) is 0 Å². The van der Waals surface area contributed by atoms with E-state index in [1.54, 1.807) is 13.8 Å². The van der Waals surface area contributed by atoms with E-state index in [-0.39, 0.29) is 24.5 Å². The normalized spacial score (nSPS) is 18.3. The van der Waals surface area contributed by atoms with Crippen LogP contribution in [0.5, 0.6) is 0 Å². The SMILES string of the molecule is CC(C)C(NC(=O)COC1CCCC1)C(=O)O. The number of rotatable bonds is 6. The van der Waals surface area contributed by atoms with Gasteiger partial charge in [0.1, 0.15) is 12.6 Å². The first-order valence-corrected chi connectivity index (χ1v) is 6.14. The van der Waals surface area contributed by atoms with Gasteiger partial charge in [0.15, 0.2) is 0 Å². The second kappa shape index (κ2) is 6.59. The standard InChI is InChI=1S/C12H21NO4/c1-8(2)11(12(15)16)13-10(14)7-17-9-5-3-4-6-9/h8-9,11H,3-7H2,1-2H3,(H,13,14)(H,15,16). The van der Waals surface area contributed by atoms with Gasteiger partial charge in [0.05, 0.1) is 6.10 Å². The predicted molar refractivity (Wildman–Crippen MR) is 62.6 cm³/mol. The van der Waals surface area contributed by atoms with Crippen molar-refractivity contribution < 1.29 is 19.4 Å². The molecule has 1 saturated carbocycles. The molecule has 5 heteroatoms. The second-order valence-corrected chi connectivity index (χ2v) is 4.84. The third-order valence-electron chi connectivity index (χ3n) is 3.00. The molecule has 0 aliphatic heterocycles. The first kappa shape index (κ1) is 14.0. The highest BCUT2D eigenvalue weighted by Crippen LogP contribution is 2.20. The van der Waals surface area contributed by atoms with Gasteiger partial charge in [-0.05, 0) is 18.8 Å². The molecule has 0 saturated heterocycles. The molecule has 1 fully saturated rings. The van der Waals surface area contributed by atoms with E-state index in [2.05, 4.69) is 5.32 Å². The fourth-order valence-electron chi connectivity index (χ4n) is 1.98. The Labute approximate surface area is 102 Å². The number of ether oxygens (including phenoxy) is 1. The van der Waals surface area contributed by atoms with Crippen LogP contribution in [0, 0.1) is 5.92 Å². The summed E-state index contributed by atoms with van der Waals surface area (Å²) in [6, 6.07) is -0.838. The summed E-state index contributed by atoms with van der Waals surface area (Å²) in [5.74, 6) is -1.49. The maximum Gasteiger partial charge on any atom is 0.326 e. The van der Waals surface area contributed by atoms with Gasteiger partial charge in [-0.3, -0.25) is 4.79 Å². The summed E-state index contributed by atoms with van der Waals surface area (Å²) in [7, 11) is 0. The van der Waals surface area contributed by atoms with Crippen molar-refractivity contribution in [3.05, 3.63) is 0 Å². The summed E-state index contributed by atoms with van der Waals surface area (Å²) in [5.41, 5.74) is 0. The number of carbonyl (C=O) groups is 2. The van der Waals surface area contributed by atoms with E-state index in [1.807, 2.05) is 0 Å². The molecule has 1 amide bonds. The fourth-order valence-corrected chi connectivity index (χ4v) is 1.98. The van der Waals surface area contributed by atoms with Gasteiger partial charge < -0.3 is 15.2 Å². The van der Waals surface area contributed by atoms with E-state index in [1.165, 1.54) is 0 Å². The van der Waals surface area contributed by atoms with Crippen LogP contribution < -0.4 is 5.32 Å². The number of amides is 1. The van der Waals surface area contributed by atoms with Gasteiger partial charge >= 0.3 is 5.97 Å². The van der Waals surface area contributed by atoms with E-state index < -0.39 is 12.0 Å². The number of hydrogen-bond donors (Lipinski definition) is 2. The van der Waals surface area contributed by atoms with Gasteiger partial charge in [0, 0.05) is 0 Å². The van der Waals surface area contributed by atoms with Gasteiger partial charge in [-0.1, -0.05) is 26.7 Å². The fraction of sp³-hybridized carbons (Fsp3) is 0.833. The lowest BCUT2D eigenvalue weighted by Gasteiger charge is -2.18. The molecule has 1 unspecified atom stereocenters. The van der Waals surface area contributed by atoms with Crippen LogP contribution >= 0.6 is 0 Å². The molecule has 0 aromatic rings. The van der Waals surface area contributed by atoms with Crippen LogP contribution in [0.15, 0.2) is 0 Å². The molecule has 1 rings (SSSR count). The van der Waals surface area contributed by atoms with E-state index in [4.69, 9.17) is 9.84 Å². The van der Waals surface area contributed by atoms with Crippen molar-refractivity contribution in [2.24, 2.45) is 5.92 Å². The number of aliphatic carboxylic acids is 1. The van der Waals surface area contributed by atoms with Crippen molar-refractivity contribution in [2.45, 2.75) is 51.7 Å². The molecular weight excluding hydrogens is 222 g/mol. The Balaban J connectivity index is 2.29. The minimum Gasteiger partial charge on any atom is -0.480 e. The molecule has 0 aromatic carbocycles. The third kappa shape index (κ3) is 4.73. The molecule has 0 radical (unpaired) electrons. The minimum absolute atomic E-state index is 0.0405. The maximum atomic E-state index is 11.5. The summed E-state index contributed by atoms with van der Waals surface area (Å²) >= 11 is 0. The van der Waals surface area contributed by atoms with Crippen LogP contribution in [-0.4, -0.2) is 35.7 Å². The van der Waals surface area contributed by atoms with Gasteiger partial charge in [0.25, 0.3) is 0 Å². The first-order valence-electron chi connectivity index (χ1n) is 6.14. The summed E-state index contributed by atoms with van der Waals surface area (Å²) < 4.78 is 5.42. The lowest BCUT2D eigenvalue weighted by atomic mass is 10.1. The lowest BCUT2D eigenvalue weighted by molar-refractivity contribution is -0.144. The predicted octanol–water partition coefficient (Wildman–Crippen LogP) is 1.17. The number of nitrogens with one attached hydrogen (secondary N) is 1. The molecule has 1 aliphatic rings. The van der Waals surface area contributed by atoms with E-state index in [0.29, 0.717) is 0 Å². The Morgan fingerprint density at radius 2 is 1.94 bits per heavy atom. The van der Waals surface area contributed by atoms with Crippen LogP contribution in [0.4, 0.5) is 0 Å². The molecule has 98 valence electrons. The highest BCUT2D eigenvalue weighted by Gasteiger charge is 2.24. The Morgan fingerprint density at radius 3 is 2.41 bits per heavy atom. The Hall–Kier alpha value is -1.10. The van der Waals surface area contributed by atoms with Crippen LogP contribution in [0.2, 0.25) is 0 Å². The smallest absolute Gasteiger partial charge is 0.326 e. The average Bonchev–Trinajstić information content (AvgIpc) is 2.74. The molecule has 0 aromatic heterocycles. The summed E-state index contributed by atoms with van der Waals surface area (Å²) in [6.45, 7) is 3.48. The van der Waals surface area contributed by atoms with Crippen LogP contribution in [0.1, 0.15) is 39.5 Å². The molecule has 0 heterocycles. The summed E-state index contributed by atoms with van der Waals surface area (Å²) in [5, 5.41) is 11.4. The van der Waals surface area contributed by atoms with Crippen molar-refractivity contribution in [1.82, 2.24) is 5.32 Å². The summed E-state index contributed by atoms with van der Waals surface area (Å²) in [6.07, 6.45) is 4.47. The van der Waals surface area contributed by atoms with E-state index in [9.17, 15) is 9.59 Å². The largest absolute Gasteiger partial charge is 0.480 e. The number of carboxylic acids is 1. The molecule has 0 spiro atoms. The van der Waals surface area contributed by atoms with Gasteiger partial charge in [-0.15, -0.1) is 0 Å². The molecule has 17 heavy (non-hydrogen) atoms. The topological polar surface area (TPSA) is 75.6 Å². The van der Waals surface area contributed by atoms with Crippen molar-refractivity contribution in [1.29, 1.82) is 0 Å². The molecule has 5 nitrogen and oxygen atoms in total. The summed E-state index contributed by atoms with van der Waals surface area (Å²) in [4.78, 5) is 22.4. The van der Waals surface area contributed by atoms with Crippen molar-refractivity contribution in [3.63, 3.8) is 0 Å². The van der Waals surface area contributed by atoms with E-state index >= 15 is 0 Å². The highest BCUT2D eigenvalue weighted by molar-refractivity contribution is 5.84.